The molecule has 4 rings (SSSR count). The van der Waals surface area contributed by atoms with Gasteiger partial charge >= 0.3 is 6.18 Å². The van der Waals surface area contributed by atoms with Gasteiger partial charge in [-0.05, 0) is 61.0 Å². The second-order valence-electron chi connectivity index (χ2n) is 8.29. The maximum absolute atomic E-state index is 13.2. The van der Waals surface area contributed by atoms with E-state index in [9.17, 15) is 26.4 Å². The summed E-state index contributed by atoms with van der Waals surface area (Å²) in [6, 6.07) is 13.4. The van der Waals surface area contributed by atoms with E-state index in [1.54, 1.807) is 35.2 Å². The molecule has 0 unspecified atom stereocenters. The average Bonchev–Trinajstić information content (AvgIpc) is 3.34. The van der Waals surface area contributed by atoms with E-state index in [2.05, 4.69) is 5.32 Å². The minimum absolute atomic E-state index is 0.136. The van der Waals surface area contributed by atoms with Gasteiger partial charge in [0.1, 0.15) is 4.21 Å². The van der Waals surface area contributed by atoms with Crippen LogP contribution in [0.25, 0.3) is 0 Å². The second-order valence-corrected chi connectivity index (χ2v) is 12.5. The Morgan fingerprint density at radius 1 is 0.973 bits per heavy atom. The lowest BCUT2D eigenvalue weighted by atomic mass is 10.1. The molecule has 1 aliphatic rings. The number of hydrogen-bond acceptors (Lipinski definition) is 5. The number of alkyl halides is 3. The molecule has 0 saturated carbocycles. The minimum Gasteiger partial charge on any atom is -0.369 e. The van der Waals surface area contributed by atoms with Crippen LogP contribution in [0.4, 0.5) is 18.9 Å². The summed E-state index contributed by atoms with van der Waals surface area (Å²) in [5, 5.41) is 2.95. The van der Waals surface area contributed by atoms with Crippen molar-refractivity contribution in [1.82, 2.24) is 9.62 Å². The number of sulfonamides is 1. The Hall–Kier alpha value is -2.31. The van der Waals surface area contributed by atoms with Crippen molar-refractivity contribution >= 4 is 56.2 Å². The Bertz CT molecular complexity index is 1370. The van der Waals surface area contributed by atoms with Gasteiger partial charge in [-0.15, -0.1) is 11.3 Å². The molecule has 0 bridgehead atoms. The number of amides is 1. The molecule has 1 saturated heterocycles. The number of halogens is 5. The van der Waals surface area contributed by atoms with Gasteiger partial charge in [-0.25, -0.2) is 8.42 Å². The van der Waals surface area contributed by atoms with Gasteiger partial charge in [0.2, 0.25) is 0 Å². The van der Waals surface area contributed by atoms with Gasteiger partial charge in [0, 0.05) is 53.9 Å². The largest absolute Gasteiger partial charge is 0.417 e. The number of nitrogens with zero attached hydrogens (tertiary/aromatic N) is 2. The van der Waals surface area contributed by atoms with E-state index in [0.29, 0.717) is 29.2 Å². The molecule has 2 heterocycles. The van der Waals surface area contributed by atoms with Gasteiger partial charge < -0.3 is 10.2 Å². The van der Waals surface area contributed by atoms with Crippen molar-refractivity contribution in [3.05, 3.63) is 80.6 Å². The van der Waals surface area contributed by atoms with Gasteiger partial charge in [-0.3, -0.25) is 4.79 Å². The van der Waals surface area contributed by atoms with Crippen molar-refractivity contribution in [2.24, 2.45) is 0 Å². The molecule has 3 aromatic rings. The van der Waals surface area contributed by atoms with Gasteiger partial charge in [0.05, 0.1) is 10.6 Å². The lowest BCUT2D eigenvalue weighted by Gasteiger charge is -2.35. The maximum Gasteiger partial charge on any atom is 0.417 e. The Morgan fingerprint density at radius 2 is 1.65 bits per heavy atom. The molecule has 0 radical (unpaired) electrons. The van der Waals surface area contributed by atoms with E-state index in [0.717, 1.165) is 22.3 Å². The first-order valence-corrected chi connectivity index (χ1v) is 14.2. The van der Waals surface area contributed by atoms with Crippen LogP contribution in [0, 0.1) is 0 Å². The standard InChI is InChI=1S/C24H22Cl2F3N3O3S2/c25-17-3-1-16(2-4-17)23(33)30-10-9-19-6-8-22(36-19)37(34,35)32-13-11-31(12-14-32)18-5-7-21(26)20(15-18)24(27,28)29/h1-8,15H,9-14H2,(H,30,33). The third-order valence-electron chi connectivity index (χ3n) is 5.85. The average molecular weight is 592 g/mol. The predicted molar refractivity (Wildman–Crippen MR) is 139 cm³/mol. The lowest BCUT2D eigenvalue weighted by Crippen LogP contribution is -2.48. The van der Waals surface area contributed by atoms with Crippen molar-refractivity contribution in [3.8, 4) is 0 Å². The Labute approximate surface area is 226 Å². The number of rotatable bonds is 7. The topological polar surface area (TPSA) is 69.7 Å². The highest BCUT2D eigenvalue weighted by molar-refractivity contribution is 7.91. The van der Waals surface area contributed by atoms with E-state index >= 15 is 0 Å². The van der Waals surface area contributed by atoms with Crippen LogP contribution in [0.5, 0.6) is 0 Å². The fourth-order valence-corrected chi connectivity index (χ4v) is 7.16. The van der Waals surface area contributed by atoms with Crippen LogP contribution in [0.3, 0.4) is 0 Å². The molecule has 1 aromatic heterocycles. The molecule has 2 aromatic carbocycles. The molecular formula is C24H22Cl2F3N3O3S2. The number of carbonyl (C=O) groups excluding carboxylic acids is 1. The first-order valence-electron chi connectivity index (χ1n) is 11.2. The lowest BCUT2D eigenvalue weighted by molar-refractivity contribution is -0.137. The van der Waals surface area contributed by atoms with Crippen LogP contribution in [-0.4, -0.2) is 51.4 Å². The fourth-order valence-electron chi connectivity index (χ4n) is 3.87. The van der Waals surface area contributed by atoms with E-state index < -0.39 is 21.8 Å². The molecular weight excluding hydrogens is 570 g/mol. The number of nitrogens with one attached hydrogen (secondary N) is 1. The van der Waals surface area contributed by atoms with Crippen LogP contribution in [0.15, 0.2) is 58.8 Å². The highest BCUT2D eigenvalue weighted by atomic mass is 35.5. The Balaban J connectivity index is 1.33. The fraction of sp³-hybridized carbons (Fsp3) is 0.292. The van der Waals surface area contributed by atoms with Crippen molar-refractivity contribution in [3.63, 3.8) is 0 Å². The molecule has 1 N–H and O–H groups in total. The summed E-state index contributed by atoms with van der Waals surface area (Å²) in [6.45, 7) is 1.09. The van der Waals surface area contributed by atoms with Gasteiger partial charge in [0.15, 0.2) is 0 Å². The zero-order valence-corrected chi connectivity index (χ0v) is 22.4. The van der Waals surface area contributed by atoms with Crippen LogP contribution in [0.1, 0.15) is 20.8 Å². The van der Waals surface area contributed by atoms with Crippen molar-refractivity contribution in [2.45, 2.75) is 16.8 Å². The maximum atomic E-state index is 13.2. The highest BCUT2D eigenvalue weighted by Gasteiger charge is 2.35. The SMILES string of the molecule is O=C(NCCc1ccc(S(=O)(=O)N2CCN(c3ccc(Cl)c(C(F)(F)F)c3)CC2)s1)c1ccc(Cl)cc1. The summed E-state index contributed by atoms with van der Waals surface area (Å²) in [6.07, 6.45) is -4.11. The first kappa shape index (κ1) is 27.7. The summed E-state index contributed by atoms with van der Waals surface area (Å²) in [7, 11) is -3.75. The molecule has 0 atom stereocenters. The van der Waals surface area contributed by atoms with Crippen LogP contribution >= 0.6 is 34.5 Å². The summed E-state index contributed by atoms with van der Waals surface area (Å²) in [4.78, 5) is 14.7. The van der Waals surface area contributed by atoms with E-state index in [1.165, 1.54) is 22.5 Å². The molecule has 37 heavy (non-hydrogen) atoms. The summed E-state index contributed by atoms with van der Waals surface area (Å²) >= 11 is 12.7. The Morgan fingerprint density at radius 3 is 2.30 bits per heavy atom. The highest BCUT2D eigenvalue weighted by Crippen LogP contribution is 2.37. The minimum atomic E-state index is -4.58. The molecule has 1 fully saturated rings. The molecule has 0 spiro atoms. The normalized spacial score (nSPS) is 15.1. The third-order valence-corrected chi connectivity index (χ3v) is 9.95. The number of benzene rings is 2. The Kier molecular flexibility index (Phi) is 8.39. The number of hydrogen-bond donors (Lipinski definition) is 1. The second kappa shape index (κ2) is 11.2. The van der Waals surface area contributed by atoms with E-state index in [-0.39, 0.29) is 41.3 Å². The van der Waals surface area contributed by atoms with Crippen LogP contribution in [0.2, 0.25) is 10.0 Å². The van der Waals surface area contributed by atoms with Crippen molar-refractivity contribution < 1.29 is 26.4 Å². The zero-order valence-electron chi connectivity index (χ0n) is 19.3. The first-order chi connectivity index (χ1) is 17.4. The quantitative estimate of drug-likeness (QED) is 0.391. The summed E-state index contributed by atoms with van der Waals surface area (Å²) < 4.78 is 67.4. The smallest absolute Gasteiger partial charge is 0.369 e. The number of thiophene rings is 1. The monoisotopic (exact) mass is 591 g/mol. The van der Waals surface area contributed by atoms with E-state index in [4.69, 9.17) is 23.2 Å². The van der Waals surface area contributed by atoms with Crippen LogP contribution in [-0.2, 0) is 22.6 Å². The van der Waals surface area contributed by atoms with Crippen molar-refractivity contribution in [2.75, 3.05) is 37.6 Å². The number of piperazine rings is 1. The summed E-state index contributed by atoms with van der Waals surface area (Å²) in [5.41, 5.74) is -0.101. The number of carbonyl (C=O) groups is 1. The molecule has 6 nitrogen and oxygen atoms in total. The molecule has 198 valence electrons. The predicted octanol–water partition coefficient (Wildman–Crippen LogP) is 5.56. The van der Waals surface area contributed by atoms with Gasteiger partial charge in [-0.2, -0.15) is 17.5 Å². The third kappa shape index (κ3) is 6.58. The van der Waals surface area contributed by atoms with Crippen molar-refractivity contribution in [1.29, 1.82) is 0 Å². The molecule has 1 amide bonds. The van der Waals surface area contributed by atoms with Gasteiger partial charge in [-0.1, -0.05) is 23.2 Å². The number of anilines is 1. The molecule has 0 aliphatic carbocycles. The molecule has 13 heteroatoms. The molecule has 1 aliphatic heterocycles. The summed E-state index contributed by atoms with van der Waals surface area (Å²) in [5.74, 6) is -0.248. The van der Waals surface area contributed by atoms with Gasteiger partial charge in [0.25, 0.3) is 15.9 Å². The zero-order chi connectivity index (χ0) is 26.8. The van der Waals surface area contributed by atoms with Crippen LogP contribution < -0.4 is 10.2 Å². The van der Waals surface area contributed by atoms with E-state index in [1.807, 2.05) is 0 Å².